The predicted molar refractivity (Wildman–Crippen MR) is 59.8 cm³/mol. The molecule has 0 bridgehead atoms. The van der Waals surface area contributed by atoms with Gasteiger partial charge in [-0.1, -0.05) is 0 Å². The molecule has 0 unspecified atom stereocenters. The molecule has 0 aromatic carbocycles. The minimum atomic E-state index is -4.16. The summed E-state index contributed by atoms with van der Waals surface area (Å²) in [6.07, 6.45) is -2.03. The number of nitrogens with zero attached hydrogens (tertiary/aromatic N) is 1. The second-order valence-electron chi connectivity index (χ2n) is 2.71. The van der Waals surface area contributed by atoms with E-state index in [-0.39, 0.29) is 3.70 Å². The van der Waals surface area contributed by atoms with Crippen molar-refractivity contribution in [3.63, 3.8) is 0 Å². The number of methoxy groups -OCH3 is 1. The van der Waals surface area contributed by atoms with E-state index >= 15 is 0 Å². The van der Waals surface area contributed by atoms with Crippen LogP contribution >= 0.6 is 22.6 Å². The van der Waals surface area contributed by atoms with Crippen molar-refractivity contribution in [2.45, 2.75) is 11.3 Å². The van der Waals surface area contributed by atoms with Gasteiger partial charge >= 0.3 is 0 Å². The van der Waals surface area contributed by atoms with Crippen LogP contribution in [0.15, 0.2) is 11.1 Å². The highest BCUT2D eigenvalue weighted by Gasteiger charge is 2.26. The average molecular weight is 364 g/mol. The van der Waals surface area contributed by atoms with E-state index in [1.165, 1.54) is 0 Å². The second kappa shape index (κ2) is 4.75. The fourth-order valence-electron chi connectivity index (χ4n) is 1.08. The van der Waals surface area contributed by atoms with Crippen LogP contribution in [-0.2, 0) is 10.0 Å². The summed E-state index contributed by atoms with van der Waals surface area (Å²) >= 11 is 1.58. The molecule has 2 N–H and O–H groups in total. The first-order chi connectivity index (χ1) is 7.29. The summed E-state index contributed by atoms with van der Waals surface area (Å²) in [4.78, 5) is 3.02. The summed E-state index contributed by atoms with van der Waals surface area (Å²) in [7, 11) is -3.07. The van der Waals surface area contributed by atoms with Gasteiger partial charge in [0.15, 0.2) is 10.6 Å². The van der Waals surface area contributed by atoms with E-state index in [4.69, 9.17) is 5.14 Å². The highest BCUT2D eigenvalue weighted by atomic mass is 127. The zero-order chi connectivity index (χ0) is 12.5. The van der Waals surface area contributed by atoms with E-state index in [9.17, 15) is 17.2 Å². The molecule has 1 rings (SSSR count). The third kappa shape index (κ3) is 2.58. The van der Waals surface area contributed by atoms with Crippen molar-refractivity contribution in [3.05, 3.63) is 15.5 Å². The Morgan fingerprint density at radius 3 is 2.50 bits per heavy atom. The van der Waals surface area contributed by atoms with Crippen LogP contribution in [0.5, 0.6) is 5.75 Å². The third-order valence-corrected chi connectivity index (χ3v) is 3.83. The van der Waals surface area contributed by atoms with Crippen LogP contribution < -0.4 is 9.88 Å². The van der Waals surface area contributed by atoms with Gasteiger partial charge in [-0.25, -0.2) is 27.3 Å². The van der Waals surface area contributed by atoms with Crippen LogP contribution in [0.4, 0.5) is 8.78 Å². The quantitative estimate of drug-likeness (QED) is 0.647. The molecule has 0 fully saturated rings. The molecule has 9 heteroatoms. The van der Waals surface area contributed by atoms with Gasteiger partial charge in [0.1, 0.15) is 3.70 Å². The molecule has 16 heavy (non-hydrogen) atoms. The number of ether oxygens (including phenoxy) is 1. The number of nitrogens with two attached hydrogens (primary N) is 1. The monoisotopic (exact) mass is 364 g/mol. The van der Waals surface area contributed by atoms with E-state index in [0.717, 1.165) is 13.3 Å². The first kappa shape index (κ1) is 13.5. The lowest BCUT2D eigenvalue weighted by Gasteiger charge is -2.12. The van der Waals surface area contributed by atoms with Gasteiger partial charge in [0.2, 0.25) is 10.0 Å². The van der Waals surface area contributed by atoms with Gasteiger partial charge in [-0.2, -0.15) is 0 Å². The Labute approximate surface area is 104 Å². The molecule has 5 nitrogen and oxygen atoms in total. The van der Waals surface area contributed by atoms with Gasteiger partial charge in [0.25, 0.3) is 6.43 Å². The molecule has 1 aromatic rings. The molecular formula is C7H7F2IN2O3S. The molecular weight excluding hydrogens is 357 g/mol. The van der Waals surface area contributed by atoms with Crippen LogP contribution in [0.2, 0.25) is 0 Å². The molecule has 0 atom stereocenters. The van der Waals surface area contributed by atoms with E-state index in [1.807, 2.05) is 0 Å². The lowest BCUT2D eigenvalue weighted by Crippen LogP contribution is -2.17. The molecule has 0 aliphatic heterocycles. The van der Waals surface area contributed by atoms with E-state index < -0.39 is 32.7 Å². The summed E-state index contributed by atoms with van der Waals surface area (Å²) in [6.45, 7) is 0. The largest absolute Gasteiger partial charge is 0.495 e. The number of sulfonamides is 1. The summed E-state index contributed by atoms with van der Waals surface area (Å²) in [5.41, 5.74) is -0.605. The molecule has 1 heterocycles. The van der Waals surface area contributed by atoms with Gasteiger partial charge in [0.05, 0.1) is 12.7 Å². The maximum atomic E-state index is 12.6. The fourth-order valence-corrected chi connectivity index (χ4v) is 3.13. The number of hydrogen-bond donors (Lipinski definition) is 1. The van der Waals surface area contributed by atoms with Crippen molar-refractivity contribution in [1.82, 2.24) is 4.98 Å². The van der Waals surface area contributed by atoms with Crippen molar-refractivity contribution < 1.29 is 21.9 Å². The third-order valence-electron chi connectivity index (χ3n) is 1.70. The number of hydrogen-bond acceptors (Lipinski definition) is 4. The van der Waals surface area contributed by atoms with Gasteiger partial charge in [-0.15, -0.1) is 0 Å². The highest BCUT2D eigenvalue weighted by Crippen LogP contribution is 2.35. The maximum Gasteiger partial charge on any atom is 0.268 e. The molecule has 0 radical (unpaired) electrons. The van der Waals surface area contributed by atoms with Crippen molar-refractivity contribution in [2.75, 3.05) is 7.11 Å². The number of primary sulfonamides is 1. The Balaban J connectivity index is 3.64. The van der Waals surface area contributed by atoms with Crippen LogP contribution in [0, 0.1) is 3.70 Å². The number of aromatic nitrogens is 1. The molecule has 0 amide bonds. The number of halogens is 3. The molecule has 90 valence electrons. The Morgan fingerprint density at radius 1 is 1.56 bits per heavy atom. The lowest BCUT2D eigenvalue weighted by molar-refractivity contribution is 0.145. The van der Waals surface area contributed by atoms with Crippen molar-refractivity contribution >= 4 is 32.6 Å². The van der Waals surface area contributed by atoms with Crippen molar-refractivity contribution in [1.29, 1.82) is 0 Å². The summed E-state index contributed by atoms with van der Waals surface area (Å²) in [6, 6.07) is 0. The van der Waals surface area contributed by atoms with Gasteiger partial charge in [-0.05, 0) is 22.6 Å². The van der Waals surface area contributed by atoms with Gasteiger partial charge < -0.3 is 4.74 Å². The maximum absolute atomic E-state index is 12.6. The van der Waals surface area contributed by atoms with Crippen molar-refractivity contribution in [2.24, 2.45) is 5.14 Å². The summed E-state index contributed by atoms with van der Waals surface area (Å²) in [5, 5.41) is 4.91. The Kier molecular flexibility index (Phi) is 4.02. The summed E-state index contributed by atoms with van der Waals surface area (Å²) in [5.74, 6) is -0.461. The van der Waals surface area contributed by atoms with Crippen LogP contribution in [0.1, 0.15) is 12.0 Å². The first-order valence-corrected chi connectivity index (χ1v) is 6.45. The van der Waals surface area contributed by atoms with Crippen molar-refractivity contribution in [3.8, 4) is 5.75 Å². The normalized spacial score (nSPS) is 11.9. The molecule has 0 aliphatic carbocycles. The van der Waals surface area contributed by atoms with Crippen LogP contribution in [0.3, 0.4) is 0 Å². The first-order valence-electron chi connectivity index (χ1n) is 3.82. The minimum Gasteiger partial charge on any atom is -0.495 e. The standard InChI is InChI=1S/C7H7F2IN2O3S/c1-15-4-3(6(8)9)2-12-7(10)5(4)16(11,13)14/h2,6H,1H3,(H2,11,13,14). The SMILES string of the molecule is COc1c(C(F)F)cnc(I)c1S(N)(=O)=O. The zero-order valence-electron chi connectivity index (χ0n) is 7.95. The summed E-state index contributed by atoms with van der Waals surface area (Å²) < 4.78 is 52.2. The highest BCUT2D eigenvalue weighted by molar-refractivity contribution is 14.1. The Hall–Kier alpha value is -0.550. The lowest BCUT2D eigenvalue weighted by atomic mass is 10.3. The predicted octanol–water partition coefficient (Wildman–Crippen LogP) is 1.28. The molecule has 0 saturated heterocycles. The topological polar surface area (TPSA) is 82.3 Å². The number of pyridine rings is 1. The number of rotatable bonds is 3. The number of alkyl halides is 2. The Bertz CT molecular complexity index is 507. The minimum absolute atomic E-state index is 0.0126. The smallest absolute Gasteiger partial charge is 0.268 e. The molecule has 0 spiro atoms. The van der Waals surface area contributed by atoms with E-state index in [0.29, 0.717) is 0 Å². The molecule has 1 aromatic heterocycles. The van der Waals surface area contributed by atoms with Gasteiger partial charge in [0, 0.05) is 6.20 Å². The van der Waals surface area contributed by atoms with E-state index in [1.54, 1.807) is 22.6 Å². The van der Waals surface area contributed by atoms with E-state index in [2.05, 4.69) is 9.72 Å². The average Bonchev–Trinajstić information content (AvgIpc) is 2.14. The second-order valence-corrected chi connectivity index (χ2v) is 5.23. The van der Waals surface area contributed by atoms with Crippen LogP contribution in [-0.4, -0.2) is 20.5 Å². The van der Waals surface area contributed by atoms with Crippen LogP contribution in [0.25, 0.3) is 0 Å². The zero-order valence-corrected chi connectivity index (χ0v) is 10.9. The molecule has 0 aliphatic rings. The fraction of sp³-hybridized carbons (Fsp3) is 0.286. The van der Waals surface area contributed by atoms with Gasteiger partial charge in [-0.3, -0.25) is 0 Å². The Morgan fingerprint density at radius 2 is 2.12 bits per heavy atom. The molecule has 0 saturated carbocycles.